The molecule has 1 amide bonds. The first-order chi connectivity index (χ1) is 9.40. The fourth-order valence-electron chi connectivity index (χ4n) is 1.97. The van der Waals surface area contributed by atoms with Crippen LogP contribution in [0.1, 0.15) is 24.5 Å². The molecule has 1 aromatic carbocycles. The third-order valence-corrected chi connectivity index (χ3v) is 3.43. The highest BCUT2D eigenvalue weighted by Gasteiger charge is 2.13. The Labute approximate surface area is 122 Å². The lowest BCUT2D eigenvalue weighted by atomic mass is 10.1. The van der Waals surface area contributed by atoms with Gasteiger partial charge in [0.1, 0.15) is 0 Å². The molecule has 0 fully saturated rings. The summed E-state index contributed by atoms with van der Waals surface area (Å²) >= 11 is 0. The highest BCUT2D eigenvalue weighted by molar-refractivity contribution is 5.78. The van der Waals surface area contributed by atoms with Crippen LogP contribution in [0.4, 0.5) is 0 Å². The Morgan fingerprint density at radius 2 is 1.95 bits per heavy atom. The van der Waals surface area contributed by atoms with Crippen LogP contribution >= 0.6 is 0 Å². The Bertz CT molecular complexity index is 432. The number of likely N-dealkylation sites (N-methyl/N-ethyl adjacent to an activating group) is 2. The number of carbonyl (C=O) groups is 1. The molecule has 0 aromatic heterocycles. The number of benzene rings is 1. The minimum absolute atomic E-state index is 0.0985. The van der Waals surface area contributed by atoms with Crippen molar-refractivity contribution >= 4 is 5.91 Å². The van der Waals surface area contributed by atoms with Crippen LogP contribution in [0, 0.1) is 6.92 Å². The van der Waals surface area contributed by atoms with Gasteiger partial charge in [0.2, 0.25) is 5.91 Å². The Balaban J connectivity index is 2.45. The molecule has 1 rings (SSSR count). The molecule has 1 atom stereocenters. The Hall–Kier alpha value is -1.39. The van der Waals surface area contributed by atoms with Crippen LogP contribution in [0.5, 0.6) is 0 Å². The van der Waals surface area contributed by atoms with Crippen LogP contribution in [-0.4, -0.2) is 54.1 Å². The van der Waals surface area contributed by atoms with E-state index in [1.54, 1.807) is 11.8 Å². The average Bonchev–Trinajstić information content (AvgIpc) is 2.39. The topological polar surface area (TPSA) is 43.8 Å². The van der Waals surface area contributed by atoms with E-state index < -0.39 is 0 Å². The predicted molar refractivity (Wildman–Crippen MR) is 81.4 cm³/mol. The van der Waals surface area contributed by atoms with E-state index in [9.17, 15) is 9.90 Å². The SMILES string of the molecule is Cc1ccccc1CN(C)C(=O)CN(C)CCC(C)O. The predicted octanol–water partition coefficient (Wildman–Crippen LogP) is 1.66. The van der Waals surface area contributed by atoms with E-state index in [1.807, 2.05) is 31.1 Å². The van der Waals surface area contributed by atoms with Crippen molar-refractivity contribution in [1.82, 2.24) is 9.80 Å². The maximum absolute atomic E-state index is 12.1. The van der Waals surface area contributed by atoms with Gasteiger partial charge in [-0.05, 0) is 38.4 Å². The molecule has 0 bridgehead atoms. The zero-order chi connectivity index (χ0) is 15.1. The number of hydrogen-bond donors (Lipinski definition) is 1. The molecule has 1 aromatic rings. The zero-order valence-corrected chi connectivity index (χ0v) is 13.0. The van der Waals surface area contributed by atoms with Gasteiger partial charge < -0.3 is 10.0 Å². The number of hydrogen-bond acceptors (Lipinski definition) is 3. The van der Waals surface area contributed by atoms with Crippen molar-refractivity contribution in [1.29, 1.82) is 0 Å². The van der Waals surface area contributed by atoms with Gasteiger partial charge in [-0.25, -0.2) is 0 Å². The van der Waals surface area contributed by atoms with E-state index in [4.69, 9.17) is 0 Å². The van der Waals surface area contributed by atoms with Crippen molar-refractivity contribution in [3.05, 3.63) is 35.4 Å². The van der Waals surface area contributed by atoms with E-state index in [0.717, 1.165) is 6.54 Å². The molecule has 0 aliphatic rings. The number of amides is 1. The number of carbonyl (C=O) groups excluding carboxylic acids is 1. The molecular weight excluding hydrogens is 252 g/mol. The van der Waals surface area contributed by atoms with Gasteiger partial charge in [-0.2, -0.15) is 0 Å². The second-order valence-corrected chi connectivity index (χ2v) is 5.55. The van der Waals surface area contributed by atoms with E-state index in [-0.39, 0.29) is 12.0 Å². The van der Waals surface area contributed by atoms with Crippen LogP contribution in [-0.2, 0) is 11.3 Å². The molecule has 0 radical (unpaired) electrons. The summed E-state index contributed by atoms with van der Waals surface area (Å²) in [6, 6.07) is 8.11. The highest BCUT2D eigenvalue weighted by atomic mass is 16.3. The van der Waals surface area contributed by atoms with Gasteiger partial charge in [-0.1, -0.05) is 24.3 Å². The van der Waals surface area contributed by atoms with Crippen molar-refractivity contribution in [2.45, 2.75) is 32.9 Å². The molecule has 1 N–H and O–H groups in total. The van der Waals surface area contributed by atoms with E-state index >= 15 is 0 Å². The summed E-state index contributed by atoms with van der Waals surface area (Å²) in [6.45, 7) is 5.56. The maximum Gasteiger partial charge on any atom is 0.236 e. The molecule has 0 aliphatic carbocycles. The summed E-state index contributed by atoms with van der Waals surface area (Å²) in [4.78, 5) is 15.8. The van der Waals surface area contributed by atoms with Crippen LogP contribution in [0.3, 0.4) is 0 Å². The monoisotopic (exact) mass is 278 g/mol. The van der Waals surface area contributed by atoms with Gasteiger partial charge in [0.25, 0.3) is 0 Å². The molecule has 4 nitrogen and oxygen atoms in total. The second-order valence-electron chi connectivity index (χ2n) is 5.55. The van der Waals surface area contributed by atoms with Crippen molar-refractivity contribution < 1.29 is 9.90 Å². The summed E-state index contributed by atoms with van der Waals surface area (Å²) in [7, 11) is 3.74. The summed E-state index contributed by atoms with van der Waals surface area (Å²) in [5.74, 6) is 0.0985. The average molecular weight is 278 g/mol. The number of aliphatic hydroxyl groups is 1. The Kier molecular flexibility index (Phi) is 6.68. The van der Waals surface area contributed by atoms with Crippen molar-refractivity contribution in [2.24, 2.45) is 0 Å². The molecule has 0 heterocycles. The first-order valence-electron chi connectivity index (χ1n) is 7.05. The van der Waals surface area contributed by atoms with Gasteiger partial charge in [-0.15, -0.1) is 0 Å². The number of rotatable bonds is 7. The Morgan fingerprint density at radius 3 is 2.55 bits per heavy atom. The van der Waals surface area contributed by atoms with Gasteiger partial charge >= 0.3 is 0 Å². The molecule has 0 saturated carbocycles. The standard InChI is InChI=1S/C16H26N2O2/c1-13-7-5-6-8-15(13)11-18(4)16(20)12-17(3)10-9-14(2)19/h5-8,14,19H,9-12H2,1-4H3. The fourth-order valence-corrected chi connectivity index (χ4v) is 1.97. The molecule has 0 spiro atoms. The van der Waals surface area contributed by atoms with Gasteiger partial charge in [-0.3, -0.25) is 9.69 Å². The van der Waals surface area contributed by atoms with Gasteiger partial charge in [0.15, 0.2) is 0 Å². The number of nitrogens with zero attached hydrogens (tertiary/aromatic N) is 2. The Morgan fingerprint density at radius 1 is 1.30 bits per heavy atom. The molecular formula is C16H26N2O2. The van der Waals surface area contributed by atoms with E-state index in [1.165, 1.54) is 11.1 Å². The number of aliphatic hydroxyl groups excluding tert-OH is 1. The first-order valence-corrected chi connectivity index (χ1v) is 7.05. The summed E-state index contributed by atoms with van der Waals surface area (Å²) in [5, 5.41) is 9.25. The first kappa shape index (κ1) is 16.7. The third kappa shape index (κ3) is 5.72. The maximum atomic E-state index is 12.1. The zero-order valence-electron chi connectivity index (χ0n) is 13.0. The van der Waals surface area contributed by atoms with Crippen LogP contribution in [0.25, 0.3) is 0 Å². The number of aryl methyl sites for hydroxylation is 1. The van der Waals surface area contributed by atoms with Crippen LogP contribution in [0.15, 0.2) is 24.3 Å². The smallest absolute Gasteiger partial charge is 0.236 e. The summed E-state index contributed by atoms with van der Waals surface area (Å²) in [5.41, 5.74) is 2.38. The fraction of sp³-hybridized carbons (Fsp3) is 0.562. The highest BCUT2D eigenvalue weighted by Crippen LogP contribution is 2.09. The lowest BCUT2D eigenvalue weighted by molar-refractivity contribution is -0.131. The van der Waals surface area contributed by atoms with Crippen molar-refractivity contribution in [3.63, 3.8) is 0 Å². The largest absolute Gasteiger partial charge is 0.393 e. The molecule has 112 valence electrons. The molecule has 4 heteroatoms. The quantitative estimate of drug-likeness (QED) is 0.825. The van der Waals surface area contributed by atoms with Crippen molar-refractivity contribution in [3.8, 4) is 0 Å². The minimum Gasteiger partial charge on any atom is -0.393 e. The van der Waals surface area contributed by atoms with E-state index in [2.05, 4.69) is 19.1 Å². The lowest BCUT2D eigenvalue weighted by Gasteiger charge is -2.23. The summed E-state index contributed by atoms with van der Waals surface area (Å²) < 4.78 is 0. The van der Waals surface area contributed by atoms with Gasteiger partial charge in [0.05, 0.1) is 12.6 Å². The molecule has 0 aliphatic heterocycles. The normalized spacial score (nSPS) is 12.5. The molecule has 0 saturated heterocycles. The molecule has 20 heavy (non-hydrogen) atoms. The van der Waals surface area contributed by atoms with Gasteiger partial charge in [0, 0.05) is 20.1 Å². The van der Waals surface area contributed by atoms with Crippen molar-refractivity contribution in [2.75, 3.05) is 27.2 Å². The second kappa shape index (κ2) is 8.02. The van der Waals surface area contributed by atoms with E-state index in [0.29, 0.717) is 19.5 Å². The summed E-state index contributed by atoms with van der Waals surface area (Å²) in [6.07, 6.45) is 0.364. The van der Waals surface area contributed by atoms with Crippen LogP contribution in [0.2, 0.25) is 0 Å². The molecule has 1 unspecified atom stereocenters. The lowest BCUT2D eigenvalue weighted by Crippen LogP contribution is -2.37. The van der Waals surface area contributed by atoms with Crippen LogP contribution < -0.4 is 0 Å². The third-order valence-electron chi connectivity index (χ3n) is 3.43. The minimum atomic E-state index is -0.322.